The maximum Gasteiger partial charge on any atom is 0.407 e. The molecular weight excluding hydrogens is 352 g/mol. The first-order valence-corrected chi connectivity index (χ1v) is 9.64. The second-order valence-corrected chi connectivity index (χ2v) is 8.12. The number of sulfone groups is 1. The summed E-state index contributed by atoms with van der Waals surface area (Å²) >= 11 is 0. The van der Waals surface area contributed by atoms with Crippen LogP contribution < -0.4 is 0 Å². The van der Waals surface area contributed by atoms with Gasteiger partial charge in [0.15, 0.2) is 0 Å². The topological polar surface area (TPSA) is 90.5 Å². The molecule has 1 amide bonds. The summed E-state index contributed by atoms with van der Waals surface area (Å²) in [4.78, 5) is 15.8. The number of hydrogen-bond acceptors (Lipinski definition) is 3. The smallest absolute Gasteiger partial charge is 0.407 e. The number of amides is 1. The van der Waals surface area contributed by atoms with E-state index in [-0.39, 0.29) is 9.79 Å². The summed E-state index contributed by atoms with van der Waals surface area (Å²) in [6.45, 7) is 2.08. The number of aromatic nitrogens is 1. The Morgan fingerprint density at radius 1 is 1.15 bits per heavy atom. The van der Waals surface area contributed by atoms with Crippen LogP contribution in [0.25, 0.3) is 10.9 Å². The first kappa shape index (κ1) is 18.0. The third-order valence-electron chi connectivity index (χ3n) is 4.38. The Bertz CT molecular complexity index is 1060. The lowest BCUT2D eigenvalue weighted by atomic mass is 10.1. The molecule has 0 unspecified atom stereocenters. The predicted molar refractivity (Wildman–Crippen MR) is 99.3 cm³/mol. The van der Waals surface area contributed by atoms with Gasteiger partial charge in [-0.3, -0.25) is 0 Å². The highest BCUT2D eigenvalue weighted by atomic mass is 32.2. The van der Waals surface area contributed by atoms with Crippen LogP contribution in [0, 0.1) is 6.92 Å². The van der Waals surface area contributed by atoms with E-state index in [2.05, 4.69) is 4.98 Å². The molecule has 3 aromatic rings. The number of hydrogen-bond donors (Lipinski definition) is 2. The van der Waals surface area contributed by atoms with Crippen molar-refractivity contribution in [2.75, 3.05) is 13.6 Å². The fourth-order valence-corrected chi connectivity index (χ4v) is 4.62. The molecule has 3 rings (SSSR count). The van der Waals surface area contributed by atoms with Crippen molar-refractivity contribution in [3.05, 3.63) is 59.8 Å². The van der Waals surface area contributed by atoms with Gasteiger partial charge in [-0.05, 0) is 43.2 Å². The molecule has 0 saturated heterocycles. The summed E-state index contributed by atoms with van der Waals surface area (Å²) in [5.41, 5.74) is 2.21. The Labute approximate surface area is 152 Å². The number of nitrogens with one attached hydrogen (secondary N) is 1. The molecule has 0 aliphatic carbocycles. The van der Waals surface area contributed by atoms with Crippen LogP contribution in [0.4, 0.5) is 4.79 Å². The number of likely N-dealkylation sites (N-methyl/N-ethyl adjacent to an activating group) is 1. The van der Waals surface area contributed by atoms with Crippen molar-refractivity contribution >= 4 is 26.8 Å². The van der Waals surface area contributed by atoms with E-state index in [0.29, 0.717) is 24.0 Å². The molecule has 7 heteroatoms. The zero-order chi connectivity index (χ0) is 18.9. The molecule has 0 saturated carbocycles. The first-order valence-electron chi connectivity index (χ1n) is 8.16. The van der Waals surface area contributed by atoms with Gasteiger partial charge in [-0.25, -0.2) is 13.2 Å². The largest absolute Gasteiger partial charge is 0.465 e. The standard InChI is InChI=1S/C19H20N2O4S/c1-13-18(26(24,25)15-6-4-3-5-7-15)16-12-14(8-9-17(16)20-13)10-11-21(2)19(22)23/h3-9,12,20H,10-11H2,1-2H3,(H,22,23). The molecule has 0 fully saturated rings. The number of benzene rings is 2. The van der Waals surface area contributed by atoms with Crippen molar-refractivity contribution in [1.29, 1.82) is 0 Å². The molecule has 0 atom stereocenters. The van der Waals surface area contributed by atoms with Crippen molar-refractivity contribution in [2.24, 2.45) is 0 Å². The van der Waals surface area contributed by atoms with E-state index >= 15 is 0 Å². The molecule has 0 spiro atoms. The molecule has 0 radical (unpaired) electrons. The highest BCUT2D eigenvalue weighted by Gasteiger charge is 2.24. The molecule has 6 nitrogen and oxygen atoms in total. The Balaban J connectivity index is 2.05. The monoisotopic (exact) mass is 372 g/mol. The molecule has 26 heavy (non-hydrogen) atoms. The lowest BCUT2D eigenvalue weighted by Crippen LogP contribution is -2.26. The number of nitrogens with zero attached hydrogens (tertiary/aromatic N) is 1. The third kappa shape index (κ3) is 3.30. The van der Waals surface area contributed by atoms with Gasteiger partial charge >= 0.3 is 6.09 Å². The highest BCUT2D eigenvalue weighted by molar-refractivity contribution is 7.91. The summed E-state index contributed by atoms with van der Waals surface area (Å²) in [5.74, 6) is 0. The maximum atomic E-state index is 13.1. The summed E-state index contributed by atoms with van der Waals surface area (Å²) in [6, 6.07) is 13.9. The molecular formula is C19H20N2O4S. The van der Waals surface area contributed by atoms with Crippen molar-refractivity contribution < 1.29 is 18.3 Å². The summed E-state index contributed by atoms with van der Waals surface area (Å²) in [7, 11) is -2.14. The van der Waals surface area contributed by atoms with Crippen LogP contribution in [0.5, 0.6) is 0 Å². The van der Waals surface area contributed by atoms with Crippen LogP contribution in [0.2, 0.25) is 0 Å². The number of rotatable bonds is 5. The van der Waals surface area contributed by atoms with Crippen molar-refractivity contribution in [3.8, 4) is 0 Å². The van der Waals surface area contributed by atoms with Gasteiger partial charge in [0.25, 0.3) is 0 Å². The molecule has 2 N–H and O–H groups in total. The Morgan fingerprint density at radius 3 is 2.50 bits per heavy atom. The van der Waals surface area contributed by atoms with Crippen molar-refractivity contribution in [3.63, 3.8) is 0 Å². The van der Waals surface area contributed by atoms with E-state index in [0.717, 1.165) is 11.1 Å². The minimum atomic E-state index is -3.65. The number of H-pyrrole nitrogens is 1. The SMILES string of the molecule is Cc1[nH]c2ccc(CCN(C)C(=O)O)cc2c1S(=O)(=O)c1ccccc1. The van der Waals surface area contributed by atoms with Crippen LogP contribution in [0.3, 0.4) is 0 Å². The average Bonchev–Trinajstić information content (AvgIpc) is 2.95. The Morgan fingerprint density at radius 2 is 1.85 bits per heavy atom. The molecule has 1 aromatic heterocycles. The van der Waals surface area contributed by atoms with E-state index in [1.165, 1.54) is 11.9 Å². The molecule has 0 aliphatic rings. The summed E-state index contributed by atoms with van der Waals surface area (Å²) in [6.07, 6.45) is -0.482. The average molecular weight is 372 g/mol. The van der Waals surface area contributed by atoms with Crippen molar-refractivity contribution in [2.45, 2.75) is 23.1 Å². The first-order chi connectivity index (χ1) is 12.3. The quantitative estimate of drug-likeness (QED) is 0.718. The van der Waals surface area contributed by atoms with Gasteiger partial charge in [-0.15, -0.1) is 0 Å². The van der Waals surface area contributed by atoms with E-state index in [4.69, 9.17) is 5.11 Å². The minimum absolute atomic E-state index is 0.250. The van der Waals surface area contributed by atoms with E-state index in [1.807, 2.05) is 18.2 Å². The van der Waals surface area contributed by atoms with Gasteiger partial charge in [0.1, 0.15) is 0 Å². The molecule has 2 aromatic carbocycles. The number of aryl methyl sites for hydroxylation is 1. The Hall–Kier alpha value is -2.80. The molecule has 136 valence electrons. The van der Waals surface area contributed by atoms with Crippen LogP contribution in [-0.4, -0.2) is 43.1 Å². The second kappa shape index (κ2) is 6.84. The number of carbonyl (C=O) groups is 1. The van der Waals surface area contributed by atoms with Crippen LogP contribution in [-0.2, 0) is 16.3 Å². The normalized spacial score (nSPS) is 11.6. The Kier molecular flexibility index (Phi) is 4.73. The zero-order valence-corrected chi connectivity index (χ0v) is 15.4. The second-order valence-electron chi connectivity index (χ2n) is 6.23. The number of aromatic amines is 1. The van der Waals surface area contributed by atoms with Gasteiger partial charge in [0, 0.05) is 30.2 Å². The minimum Gasteiger partial charge on any atom is -0.465 e. The molecule has 1 heterocycles. The van der Waals surface area contributed by atoms with Crippen LogP contribution in [0.15, 0.2) is 58.3 Å². The summed E-state index contributed by atoms with van der Waals surface area (Å²) in [5, 5.41) is 9.58. The maximum absolute atomic E-state index is 13.1. The lowest BCUT2D eigenvalue weighted by Gasteiger charge is -2.12. The van der Waals surface area contributed by atoms with E-state index in [9.17, 15) is 13.2 Å². The molecule has 0 bridgehead atoms. The van der Waals surface area contributed by atoms with Gasteiger partial charge < -0.3 is 15.0 Å². The fraction of sp³-hybridized carbons (Fsp3) is 0.211. The molecule has 0 aliphatic heterocycles. The van der Waals surface area contributed by atoms with E-state index in [1.54, 1.807) is 37.3 Å². The van der Waals surface area contributed by atoms with Crippen LogP contribution >= 0.6 is 0 Å². The number of fused-ring (bicyclic) bond motifs is 1. The fourth-order valence-electron chi connectivity index (χ4n) is 2.96. The van der Waals surface area contributed by atoms with Gasteiger partial charge in [0.2, 0.25) is 9.84 Å². The lowest BCUT2D eigenvalue weighted by molar-refractivity contribution is 0.156. The predicted octanol–water partition coefficient (Wildman–Crippen LogP) is 3.46. The highest BCUT2D eigenvalue weighted by Crippen LogP contribution is 2.32. The number of carboxylic acid groups (broad SMARTS) is 1. The van der Waals surface area contributed by atoms with Gasteiger partial charge in [0.05, 0.1) is 9.79 Å². The van der Waals surface area contributed by atoms with Gasteiger partial charge in [-0.1, -0.05) is 24.3 Å². The van der Waals surface area contributed by atoms with Crippen molar-refractivity contribution in [1.82, 2.24) is 9.88 Å². The van der Waals surface area contributed by atoms with E-state index < -0.39 is 15.9 Å². The third-order valence-corrected chi connectivity index (χ3v) is 6.33. The zero-order valence-electron chi connectivity index (χ0n) is 14.6. The van der Waals surface area contributed by atoms with Gasteiger partial charge in [-0.2, -0.15) is 0 Å². The summed E-state index contributed by atoms with van der Waals surface area (Å²) < 4.78 is 26.2. The van der Waals surface area contributed by atoms with Crippen LogP contribution in [0.1, 0.15) is 11.3 Å².